The summed E-state index contributed by atoms with van der Waals surface area (Å²) in [5, 5.41) is 13.6. The van der Waals surface area contributed by atoms with Crippen molar-refractivity contribution in [3.05, 3.63) is 22.4 Å². The number of carbonyl (C=O) groups is 2. The molecule has 1 unspecified atom stereocenters. The molecule has 6 heteroatoms. The van der Waals surface area contributed by atoms with Crippen LogP contribution in [0.1, 0.15) is 17.7 Å². The van der Waals surface area contributed by atoms with E-state index in [0.29, 0.717) is 5.75 Å². The fourth-order valence-electron chi connectivity index (χ4n) is 1.66. The number of hydrogen-bond acceptors (Lipinski definition) is 4. The molecule has 1 atom stereocenters. The highest BCUT2D eigenvalue weighted by Gasteiger charge is 2.37. The van der Waals surface area contributed by atoms with E-state index in [4.69, 9.17) is 5.11 Å². The molecule has 0 spiro atoms. The van der Waals surface area contributed by atoms with Gasteiger partial charge in [0.2, 0.25) is 5.91 Å². The lowest BCUT2D eigenvalue weighted by atomic mass is 10.2. The van der Waals surface area contributed by atoms with Crippen molar-refractivity contribution in [3.63, 3.8) is 0 Å². The number of amides is 1. The van der Waals surface area contributed by atoms with Crippen LogP contribution in [0.2, 0.25) is 0 Å². The van der Waals surface area contributed by atoms with Crippen molar-refractivity contribution < 1.29 is 14.7 Å². The second-order valence-corrected chi connectivity index (χ2v) is 6.31. The molecule has 1 aromatic rings. The molecule has 0 saturated heterocycles. The standard InChI is InChI=1S/C12H15NO3S2/c14-10(7-17-6-9-2-1-5-18-9)13-11(12(15)16)8-3-4-8/h1-2,5,8,11H,3-4,6-7H2,(H,13,14)(H,15,16). The van der Waals surface area contributed by atoms with Gasteiger partial charge in [-0.15, -0.1) is 23.1 Å². The van der Waals surface area contributed by atoms with E-state index in [-0.39, 0.29) is 11.8 Å². The van der Waals surface area contributed by atoms with Gasteiger partial charge in [-0.25, -0.2) is 4.79 Å². The summed E-state index contributed by atoms with van der Waals surface area (Å²) in [6.45, 7) is 0. The maximum Gasteiger partial charge on any atom is 0.326 e. The molecular formula is C12H15NO3S2. The van der Waals surface area contributed by atoms with Crippen molar-refractivity contribution in [2.45, 2.75) is 24.6 Å². The van der Waals surface area contributed by atoms with E-state index in [1.807, 2.05) is 17.5 Å². The Hall–Kier alpha value is -1.01. The summed E-state index contributed by atoms with van der Waals surface area (Å²) >= 11 is 3.17. The second kappa shape index (κ2) is 6.24. The summed E-state index contributed by atoms with van der Waals surface area (Å²) < 4.78 is 0. The first-order chi connectivity index (χ1) is 8.66. The lowest BCUT2D eigenvalue weighted by molar-refractivity contribution is -0.142. The Morgan fingerprint density at radius 1 is 1.56 bits per heavy atom. The number of aliphatic carboxylic acids is 1. The molecule has 1 fully saturated rings. The number of thiophene rings is 1. The monoisotopic (exact) mass is 285 g/mol. The number of rotatable bonds is 7. The van der Waals surface area contributed by atoms with Gasteiger partial charge in [-0.3, -0.25) is 4.79 Å². The smallest absolute Gasteiger partial charge is 0.326 e. The van der Waals surface area contributed by atoms with Gasteiger partial charge in [-0.05, 0) is 30.2 Å². The molecule has 1 saturated carbocycles. The molecule has 2 N–H and O–H groups in total. The third-order valence-corrected chi connectivity index (χ3v) is 4.77. The quantitative estimate of drug-likeness (QED) is 0.803. The Balaban J connectivity index is 1.69. The van der Waals surface area contributed by atoms with Crippen LogP contribution in [0.25, 0.3) is 0 Å². The Labute approximate surface area is 114 Å². The predicted molar refractivity (Wildman–Crippen MR) is 72.8 cm³/mol. The summed E-state index contributed by atoms with van der Waals surface area (Å²) in [4.78, 5) is 23.8. The molecular weight excluding hydrogens is 270 g/mol. The average molecular weight is 285 g/mol. The molecule has 4 nitrogen and oxygen atoms in total. The molecule has 2 rings (SSSR count). The number of thioether (sulfide) groups is 1. The Morgan fingerprint density at radius 2 is 2.33 bits per heavy atom. The average Bonchev–Trinajstić information content (AvgIpc) is 3.03. The van der Waals surface area contributed by atoms with Crippen LogP contribution in [0.5, 0.6) is 0 Å². The van der Waals surface area contributed by atoms with Gasteiger partial charge < -0.3 is 10.4 Å². The van der Waals surface area contributed by atoms with E-state index in [1.54, 1.807) is 11.3 Å². The van der Waals surface area contributed by atoms with Crippen molar-refractivity contribution in [1.29, 1.82) is 0 Å². The van der Waals surface area contributed by atoms with Gasteiger partial charge in [-0.2, -0.15) is 0 Å². The molecule has 18 heavy (non-hydrogen) atoms. The first-order valence-electron chi connectivity index (χ1n) is 5.79. The van der Waals surface area contributed by atoms with E-state index in [9.17, 15) is 9.59 Å². The van der Waals surface area contributed by atoms with Crippen molar-refractivity contribution >= 4 is 35.0 Å². The van der Waals surface area contributed by atoms with Crippen LogP contribution >= 0.6 is 23.1 Å². The van der Waals surface area contributed by atoms with Gasteiger partial charge >= 0.3 is 5.97 Å². The Kier molecular flexibility index (Phi) is 4.66. The van der Waals surface area contributed by atoms with Crippen molar-refractivity contribution in [2.75, 3.05) is 5.75 Å². The normalized spacial score (nSPS) is 16.2. The summed E-state index contributed by atoms with van der Waals surface area (Å²) in [7, 11) is 0. The fraction of sp³-hybridized carbons (Fsp3) is 0.500. The van der Waals surface area contributed by atoms with Crippen LogP contribution in [0, 0.1) is 5.92 Å². The van der Waals surface area contributed by atoms with E-state index in [1.165, 1.54) is 16.6 Å². The van der Waals surface area contributed by atoms with Crippen molar-refractivity contribution in [2.24, 2.45) is 5.92 Å². The van der Waals surface area contributed by atoms with Gasteiger partial charge in [0.05, 0.1) is 5.75 Å². The number of carboxylic acids is 1. The van der Waals surface area contributed by atoms with Crippen molar-refractivity contribution in [3.8, 4) is 0 Å². The van der Waals surface area contributed by atoms with E-state index < -0.39 is 12.0 Å². The van der Waals surface area contributed by atoms with Crippen LogP contribution in [-0.4, -0.2) is 28.8 Å². The highest BCUT2D eigenvalue weighted by atomic mass is 32.2. The highest BCUT2D eigenvalue weighted by Crippen LogP contribution is 2.32. The van der Waals surface area contributed by atoms with Crippen LogP contribution in [0.3, 0.4) is 0 Å². The van der Waals surface area contributed by atoms with E-state index in [2.05, 4.69) is 5.32 Å². The zero-order valence-corrected chi connectivity index (χ0v) is 11.4. The fourth-order valence-corrected chi connectivity index (χ4v) is 3.34. The van der Waals surface area contributed by atoms with E-state index >= 15 is 0 Å². The molecule has 1 aromatic heterocycles. The first kappa shape index (κ1) is 13.4. The number of nitrogens with one attached hydrogen (secondary N) is 1. The van der Waals surface area contributed by atoms with Crippen LogP contribution in [0.15, 0.2) is 17.5 Å². The van der Waals surface area contributed by atoms with E-state index in [0.717, 1.165) is 18.6 Å². The van der Waals surface area contributed by atoms with Gasteiger partial charge in [-0.1, -0.05) is 6.07 Å². The topological polar surface area (TPSA) is 66.4 Å². The minimum absolute atomic E-state index is 0.133. The third-order valence-electron chi connectivity index (χ3n) is 2.73. The lowest BCUT2D eigenvalue weighted by Crippen LogP contribution is -2.43. The molecule has 0 bridgehead atoms. The van der Waals surface area contributed by atoms with Crippen LogP contribution < -0.4 is 5.32 Å². The second-order valence-electron chi connectivity index (χ2n) is 4.29. The summed E-state index contributed by atoms with van der Waals surface area (Å²) in [6.07, 6.45) is 1.80. The minimum atomic E-state index is -0.922. The molecule has 0 aliphatic heterocycles. The number of carboxylic acid groups (broad SMARTS) is 1. The van der Waals surface area contributed by atoms with Gasteiger partial charge in [0.1, 0.15) is 6.04 Å². The van der Waals surface area contributed by atoms with Crippen LogP contribution in [0.4, 0.5) is 0 Å². The molecule has 0 radical (unpaired) electrons. The Morgan fingerprint density at radius 3 is 2.89 bits per heavy atom. The molecule has 1 aliphatic rings. The van der Waals surface area contributed by atoms with Crippen LogP contribution in [-0.2, 0) is 15.3 Å². The summed E-state index contributed by atoms with van der Waals surface area (Å²) in [5.41, 5.74) is 0. The minimum Gasteiger partial charge on any atom is -0.480 e. The summed E-state index contributed by atoms with van der Waals surface area (Å²) in [6, 6.07) is 3.31. The largest absolute Gasteiger partial charge is 0.480 e. The molecule has 1 heterocycles. The first-order valence-corrected chi connectivity index (χ1v) is 7.82. The predicted octanol–water partition coefficient (Wildman–Crippen LogP) is 1.96. The molecule has 0 aromatic carbocycles. The SMILES string of the molecule is O=C(CSCc1cccs1)NC(C(=O)O)C1CC1. The highest BCUT2D eigenvalue weighted by molar-refractivity contribution is 7.99. The maximum absolute atomic E-state index is 11.6. The Bertz CT molecular complexity index is 415. The van der Waals surface area contributed by atoms with Gasteiger partial charge in [0, 0.05) is 10.6 Å². The maximum atomic E-state index is 11.6. The zero-order chi connectivity index (χ0) is 13.0. The van der Waals surface area contributed by atoms with Crippen molar-refractivity contribution in [1.82, 2.24) is 5.32 Å². The van der Waals surface area contributed by atoms with Gasteiger partial charge in [0.25, 0.3) is 0 Å². The zero-order valence-electron chi connectivity index (χ0n) is 9.80. The number of hydrogen-bond donors (Lipinski definition) is 2. The molecule has 98 valence electrons. The lowest BCUT2D eigenvalue weighted by Gasteiger charge is -2.13. The number of carbonyl (C=O) groups excluding carboxylic acids is 1. The van der Waals surface area contributed by atoms with Gasteiger partial charge in [0.15, 0.2) is 0 Å². The summed E-state index contributed by atoms with van der Waals surface area (Å²) in [5.74, 6) is 0.138. The molecule has 1 amide bonds. The molecule has 1 aliphatic carbocycles. The third kappa shape index (κ3) is 4.03.